The molecule has 0 fully saturated rings. The first-order valence-electron chi connectivity index (χ1n) is 23.1. The van der Waals surface area contributed by atoms with Crippen LogP contribution in [0.15, 0.2) is 103 Å². The predicted octanol–water partition coefficient (Wildman–Crippen LogP) is 4.97. The van der Waals surface area contributed by atoms with Gasteiger partial charge in [0.05, 0.1) is 13.2 Å². The van der Waals surface area contributed by atoms with Crippen LogP contribution in [0.25, 0.3) is 32.7 Å². The summed E-state index contributed by atoms with van der Waals surface area (Å²) in [6, 6.07) is 30.1. The molecule has 0 saturated carbocycles. The van der Waals surface area contributed by atoms with Gasteiger partial charge in [0.2, 0.25) is 11.8 Å². The van der Waals surface area contributed by atoms with Gasteiger partial charge < -0.3 is 35.9 Å². The molecule has 66 heavy (non-hydrogen) atoms. The van der Waals surface area contributed by atoms with Gasteiger partial charge in [-0.05, 0) is 96.1 Å². The zero-order valence-corrected chi connectivity index (χ0v) is 38.8. The summed E-state index contributed by atoms with van der Waals surface area (Å²) in [6.07, 6.45) is 3.38. The highest BCUT2D eigenvalue weighted by Crippen LogP contribution is 2.45. The molecule has 4 atom stereocenters. The number of hydrogen-bond donors (Lipinski definition) is 7. The van der Waals surface area contributed by atoms with E-state index < -0.39 is 48.4 Å². The fraction of sp³-hybridized carbons (Fsp3) is 0.404. The Labute approximate surface area is 388 Å². The van der Waals surface area contributed by atoms with Gasteiger partial charge in [0.15, 0.2) is 6.61 Å². The Hall–Kier alpha value is -6.67. The molecule has 14 nitrogen and oxygen atoms in total. The molecule has 5 aromatic rings. The maximum absolute atomic E-state index is 14.2. The van der Waals surface area contributed by atoms with Crippen molar-refractivity contribution in [3.05, 3.63) is 109 Å². The second-order valence-electron chi connectivity index (χ2n) is 17.1. The highest BCUT2D eigenvalue weighted by Gasteiger charge is 2.32. The summed E-state index contributed by atoms with van der Waals surface area (Å²) < 4.78 is 18.5. The Balaban J connectivity index is 1.38. The summed E-state index contributed by atoms with van der Waals surface area (Å²) in [5.74, 6) is -0.906. The summed E-state index contributed by atoms with van der Waals surface area (Å²) in [4.78, 5) is 58.5. The molecule has 14 heteroatoms. The third-order valence-electron chi connectivity index (χ3n) is 11.6. The minimum atomic E-state index is -1.09. The Morgan fingerprint density at radius 3 is 1.83 bits per heavy atom. The number of nitrogens with one attached hydrogen (secondary N) is 4. The number of carbonyl (C=O) groups is 4. The van der Waals surface area contributed by atoms with Crippen molar-refractivity contribution < 1.29 is 38.4 Å². The number of benzene rings is 5. The van der Waals surface area contributed by atoms with Crippen LogP contribution < -0.4 is 47.6 Å². The Morgan fingerprint density at radius 1 is 0.652 bits per heavy atom. The van der Waals surface area contributed by atoms with Crippen LogP contribution in [0, 0.1) is 11.8 Å². The molecular formula is C52H68N7O7+. The molecule has 5 rings (SSSR count). The quantitative estimate of drug-likeness (QED) is 0.0171. The number of ether oxygens (including phenoxy) is 3. The average molecular weight is 903 g/mol. The normalized spacial score (nSPS) is 13.0. The van der Waals surface area contributed by atoms with E-state index in [4.69, 9.17) is 31.4 Å². The fourth-order valence-electron chi connectivity index (χ4n) is 7.63. The topological polar surface area (TPSA) is 224 Å². The van der Waals surface area contributed by atoms with Crippen LogP contribution in [-0.4, -0.2) is 74.1 Å². The Kier molecular flexibility index (Phi) is 19.6. The van der Waals surface area contributed by atoms with Crippen molar-refractivity contribution in [3.63, 3.8) is 0 Å². The summed E-state index contributed by atoms with van der Waals surface area (Å²) in [5, 5.41) is 12.5. The van der Waals surface area contributed by atoms with Crippen LogP contribution in [-0.2, 0) is 30.5 Å². The summed E-state index contributed by atoms with van der Waals surface area (Å²) in [6.45, 7) is 8.95. The molecular weight excluding hydrogens is 835 g/mol. The van der Waals surface area contributed by atoms with Gasteiger partial charge in [-0.15, -0.1) is 0 Å². The van der Waals surface area contributed by atoms with E-state index in [0.717, 1.165) is 44.7 Å². The van der Waals surface area contributed by atoms with E-state index in [1.807, 2.05) is 105 Å². The van der Waals surface area contributed by atoms with Crippen molar-refractivity contribution in [3.8, 4) is 22.6 Å². The lowest BCUT2D eigenvalue weighted by atomic mass is 9.92. The number of esters is 1. The minimum Gasteiger partial charge on any atom is -0.493 e. The maximum Gasteiger partial charge on any atom is 0.338 e. The number of unbranched alkanes of at least 4 members (excludes halogenated alkanes) is 1. The van der Waals surface area contributed by atoms with Crippen LogP contribution >= 0.6 is 0 Å². The van der Waals surface area contributed by atoms with E-state index in [9.17, 15) is 19.2 Å². The first kappa shape index (κ1) is 50.3. The molecule has 0 bridgehead atoms. The highest BCUT2D eigenvalue weighted by atomic mass is 16.5. The summed E-state index contributed by atoms with van der Waals surface area (Å²) >= 11 is 0. The SMILES string of the molecule is CCC(C)[C@H](NC(=O)[C@@H](CCC[NH+]=C(N)N)NC(=O)[C@@H](CCCCN)NC(=O)COc1ccc2ccccc2c1-c1c(OCCC(C)C)ccc2ccccc12)C(=O)OCc1ccccc1. The van der Waals surface area contributed by atoms with Gasteiger partial charge in [-0.25, -0.2) is 4.79 Å². The molecule has 10 N–H and O–H groups in total. The smallest absolute Gasteiger partial charge is 0.338 e. The molecule has 5 aromatic carbocycles. The van der Waals surface area contributed by atoms with Gasteiger partial charge in [0.1, 0.15) is 36.2 Å². The van der Waals surface area contributed by atoms with Gasteiger partial charge in [-0.2, -0.15) is 0 Å². The lowest BCUT2D eigenvalue weighted by Gasteiger charge is -2.27. The number of fused-ring (bicyclic) bond motifs is 2. The molecule has 0 spiro atoms. The van der Waals surface area contributed by atoms with Gasteiger partial charge in [0, 0.05) is 11.1 Å². The maximum atomic E-state index is 14.2. The third-order valence-corrected chi connectivity index (χ3v) is 11.6. The second-order valence-corrected chi connectivity index (χ2v) is 17.1. The monoisotopic (exact) mass is 903 g/mol. The summed E-state index contributed by atoms with van der Waals surface area (Å²) in [5.41, 5.74) is 19.5. The van der Waals surface area contributed by atoms with Gasteiger partial charge in [0.25, 0.3) is 5.91 Å². The molecule has 352 valence electrons. The largest absolute Gasteiger partial charge is 0.493 e. The number of rotatable bonds is 26. The lowest BCUT2D eigenvalue weighted by Crippen LogP contribution is -2.78. The zero-order valence-electron chi connectivity index (χ0n) is 38.8. The standard InChI is InChI=1S/C52H67N7O7/c1-5-35(4)48(51(63)66-32-36-16-7-6-8-17-36)59-50(62)42(23-15-30-56-52(54)55)58-49(61)41(22-13-14-29-53)57-45(60)33-65-44-27-25-38-19-10-12-21-40(38)47(44)46-39-20-11-9-18-37(39)24-26-43(46)64-31-28-34(2)3/h6-12,16-21,24-27,34-35,41-42,48H,5,13-15,22-23,28-33,53H2,1-4H3,(H,57,60)(H,58,61)(H,59,62)(H4,54,55,56)/p+1/t35?,41-,42-,48+/m1/s1. The molecule has 0 heterocycles. The Bertz CT molecular complexity index is 2400. The number of guanidine groups is 1. The number of carbonyl (C=O) groups excluding carboxylic acids is 4. The number of hydrogen-bond acceptors (Lipinski definition) is 8. The van der Waals surface area contributed by atoms with E-state index in [1.54, 1.807) is 0 Å². The highest BCUT2D eigenvalue weighted by molar-refractivity contribution is 6.10. The molecule has 1 unspecified atom stereocenters. The number of amides is 3. The molecule has 3 amide bonds. The van der Waals surface area contributed by atoms with E-state index >= 15 is 0 Å². The molecule has 0 aliphatic heterocycles. The first-order valence-corrected chi connectivity index (χ1v) is 23.1. The van der Waals surface area contributed by atoms with Crippen molar-refractivity contribution in [2.75, 3.05) is 26.3 Å². The van der Waals surface area contributed by atoms with E-state index in [-0.39, 0.29) is 31.3 Å². The van der Waals surface area contributed by atoms with Crippen molar-refractivity contribution in [2.24, 2.45) is 29.0 Å². The van der Waals surface area contributed by atoms with Gasteiger partial charge in [-0.1, -0.05) is 125 Å². The second kappa shape index (κ2) is 25.7. The van der Waals surface area contributed by atoms with Crippen LogP contribution in [0.2, 0.25) is 0 Å². The van der Waals surface area contributed by atoms with Crippen LogP contribution in [0.4, 0.5) is 0 Å². The third kappa shape index (κ3) is 14.7. The summed E-state index contributed by atoms with van der Waals surface area (Å²) in [7, 11) is 0. The minimum absolute atomic E-state index is 0.0197. The average Bonchev–Trinajstić information content (AvgIpc) is 3.32. The van der Waals surface area contributed by atoms with E-state index in [2.05, 4.69) is 46.9 Å². The zero-order chi connectivity index (χ0) is 47.4. The molecule has 0 saturated heterocycles. The molecule has 0 aliphatic carbocycles. The Morgan fingerprint density at radius 2 is 1.23 bits per heavy atom. The van der Waals surface area contributed by atoms with Crippen LogP contribution in [0.3, 0.4) is 0 Å². The van der Waals surface area contributed by atoms with Crippen molar-refractivity contribution in [1.82, 2.24) is 16.0 Å². The van der Waals surface area contributed by atoms with E-state index in [1.165, 1.54) is 0 Å². The van der Waals surface area contributed by atoms with E-state index in [0.29, 0.717) is 62.8 Å². The van der Waals surface area contributed by atoms with Crippen LogP contribution in [0.5, 0.6) is 11.5 Å². The number of nitrogens with two attached hydrogens (primary N) is 3. The van der Waals surface area contributed by atoms with Crippen molar-refractivity contribution >= 4 is 51.2 Å². The molecule has 0 aliphatic rings. The lowest BCUT2D eigenvalue weighted by molar-refractivity contribution is -0.459. The molecule has 0 radical (unpaired) electrons. The van der Waals surface area contributed by atoms with Crippen LogP contribution in [0.1, 0.15) is 78.2 Å². The predicted molar refractivity (Wildman–Crippen MR) is 260 cm³/mol. The van der Waals surface area contributed by atoms with Crippen molar-refractivity contribution in [2.45, 2.75) is 97.4 Å². The fourth-order valence-corrected chi connectivity index (χ4v) is 7.63. The van der Waals surface area contributed by atoms with Crippen molar-refractivity contribution in [1.29, 1.82) is 0 Å². The first-order chi connectivity index (χ1) is 31.9. The van der Waals surface area contributed by atoms with Gasteiger partial charge in [-0.3, -0.25) is 30.8 Å². The molecule has 0 aromatic heterocycles. The van der Waals surface area contributed by atoms with Gasteiger partial charge >= 0.3 is 11.9 Å².